The fraction of sp³-hybridized carbons (Fsp3) is 0.600. The molecule has 5 nitrogen and oxygen atoms in total. The van der Waals surface area contributed by atoms with Crippen molar-refractivity contribution in [3.63, 3.8) is 0 Å². The number of piperazine rings is 1. The van der Waals surface area contributed by atoms with Crippen molar-refractivity contribution in [2.24, 2.45) is 0 Å². The highest BCUT2D eigenvalue weighted by Gasteiger charge is 2.31. The minimum absolute atomic E-state index is 0.245. The van der Waals surface area contributed by atoms with Crippen molar-refractivity contribution in [1.82, 2.24) is 14.5 Å². The second kappa shape index (κ2) is 6.44. The van der Waals surface area contributed by atoms with Gasteiger partial charge in [0.15, 0.2) is 0 Å². The van der Waals surface area contributed by atoms with Crippen molar-refractivity contribution in [2.75, 3.05) is 33.7 Å². The van der Waals surface area contributed by atoms with Crippen LogP contribution in [0.4, 0.5) is 0 Å². The van der Waals surface area contributed by atoms with Crippen LogP contribution < -0.4 is 5.32 Å². The summed E-state index contributed by atoms with van der Waals surface area (Å²) in [6.45, 7) is 6.46. The van der Waals surface area contributed by atoms with Crippen LogP contribution in [0, 0.1) is 6.92 Å². The summed E-state index contributed by atoms with van der Waals surface area (Å²) in [7, 11) is 0.481. The molecule has 0 amide bonds. The zero-order chi connectivity index (χ0) is 15.6. The summed E-state index contributed by atoms with van der Waals surface area (Å²) in [6.07, 6.45) is 0. The number of hydrogen-bond acceptors (Lipinski definition) is 4. The van der Waals surface area contributed by atoms with Crippen LogP contribution in [0.3, 0.4) is 0 Å². The number of hydrogen-bond donors (Lipinski definition) is 1. The SMILES string of the molecule is CNCc1ccc(C)c(S(=O)(=O)N2CCN(C)C(C)C2)c1. The van der Waals surface area contributed by atoms with Gasteiger partial charge in [-0.3, -0.25) is 0 Å². The lowest BCUT2D eigenvalue weighted by molar-refractivity contribution is 0.159. The summed E-state index contributed by atoms with van der Waals surface area (Å²) < 4.78 is 27.4. The molecule has 1 heterocycles. The van der Waals surface area contributed by atoms with E-state index in [2.05, 4.69) is 17.1 Å². The van der Waals surface area contributed by atoms with Crippen LogP contribution in [0.1, 0.15) is 18.1 Å². The van der Waals surface area contributed by atoms with E-state index in [0.29, 0.717) is 24.5 Å². The van der Waals surface area contributed by atoms with E-state index in [-0.39, 0.29) is 6.04 Å². The summed E-state index contributed by atoms with van der Waals surface area (Å²) in [4.78, 5) is 2.63. The van der Waals surface area contributed by atoms with E-state index in [1.54, 1.807) is 10.4 Å². The number of nitrogens with one attached hydrogen (secondary N) is 1. The van der Waals surface area contributed by atoms with Gasteiger partial charge in [0.25, 0.3) is 0 Å². The smallest absolute Gasteiger partial charge is 0.243 e. The molecule has 1 aliphatic heterocycles. The number of likely N-dealkylation sites (N-methyl/N-ethyl adjacent to an activating group) is 1. The quantitative estimate of drug-likeness (QED) is 0.903. The third-order valence-corrected chi connectivity index (χ3v) is 6.18. The Balaban J connectivity index is 2.33. The van der Waals surface area contributed by atoms with E-state index < -0.39 is 10.0 Å². The van der Waals surface area contributed by atoms with Gasteiger partial charge in [-0.1, -0.05) is 12.1 Å². The number of rotatable bonds is 4. The van der Waals surface area contributed by atoms with Gasteiger partial charge in [0.1, 0.15) is 0 Å². The highest BCUT2D eigenvalue weighted by Crippen LogP contribution is 2.23. The summed E-state index contributed by atoms with van der Waals surface area (Å²) in [5, 5.41) is 3.06. The first-order valence-corrected chi connectivity index (χ1v) is 8.74. The lowest BCUT2D eigenvalue weighted by Crippen LogP contribution is -2.51. The molecule has 1 saturated heterocycles. The van der Waals surface area contributed by atoms with E-state index in [1.165, 1.54) is 0 Å². The third-order valence-electron chi connectivity index (χ3n) is 4.17. The molecule has 1 aromatic carbocycles. The lowest BCUT2D eigenvalue weighted by atomic mass is 10.1. The maximum Gasteiger partial charge on any atom is 0.243 e. The molecule has 1 N–H and O–H groups in total. The van der Waals surface area contributed by atoms with Crippen LogP contribution in [0.2, 0.25) is 0 Å². The van der Waals surface area contributed by atoms with Gasteiger partial charge in [-0.15, -0.1) is 0 Å². The molecule has 0 spiro atoms. The molecule has 6 heteroatoms. The molecule has 1 aromatic rings. The molecule has 21 heavy (non-hydrogen) atoms. The molecule has 1 atom stereocenters. The van der Waals surface area contributed by atoms with Crippen LogP contribution >= 0.6 is 0 Å². The second-order valence-electron chi connectivity index (χ2n) is 5.82. The predicted molar refractivity (Wildman–Crippen MR) is 84.8 cm³/mol. The molecule has 0 saturated carbocycles. The van der Waals surface area contributed by atoms with Gasteiger partial charge < -0.3 is 10.2 Å². The first-order chi connectivity index (χ1) is 9.86. The summed E-state index contributed by atoms with van der Waals surface area (Å²) in [6, 6.07) is 5.90. The Morgan fingerprint density at radius 3 is 2.67 bits per heavy atom. The van der Waals surface area contributed by atoms with E-state index in [9.17, 15) is 8.42 Å². The van der Waals surface area contributed by atoms with E-state index in [1.807, 2.05) is 33.2 Å². The Morgan fingerprint density at radius 2 is 2.05 bits per heavy atom. The first kappa shape index (κ1) is 16.4. The van der Waals surface area contributed by atoms with Gasteiger partial charge in [0.05, 0.1) is 4.90 Å². The Bertz CT molecular complexity index is 601. The lowest BCUT2D eigenvalue weighted by Gasteiger charge is -2.37. The number of benzene rings is 1. The van der Waals surface area contributed by atoms with Crippen LogP contribution in [-0.4, -0.2) is 57.4 Å². The Hall–Kier alpha value is -0.950. The van der Waals surface area contributed by atoms with Crippen LogP contribution in [-0.2, 0) is 16.6 Å². The highest BCUT2D eigenvalue weighted by molar-refractivity contribution is 7.89. The summed E-state index contributed by atoms with van der Waals surface area (Å²) in [5.41, 5.74) is 1.80. The van der Waals surface area contributed by atoms with Crippen LogP contribution in [0.25, 0.3) is 0 Å². The average Bonchev–Trinajstić information content (AvgIpc) is 2.44. The molecule has 1 aliphatic rings. The molecule has 0 bridgehead atoms. The molecule has 1 fully saturated rings. The van der Waals surface area contributed by atoms with Crippen LogP contribution in [0.15, 0.2) is 23.1 Å². The number of sulfonamides is 1. The van der Waals surface area contributed by atoms with Gasteiger partial charge >= 0.3 is 0 Å². The molecule has 1 unspecified atom stereocenters. The fourth-order valence-corrected chi connectivity index (χ4v) is 4.40. The maximum atomic E-state index is 12.9. The third kappa shape index (κ3) is 3.45. The van der Waals surface area contributed by atoms with Gasteiger partial charge in [0, 0.05) is 32.2 Å². The average molecular weight is 311 g/mol. The Morgan fingerprint density at radius 1 is 1.33 bits per heavy atom. The molecule has 0 aliphatic carbocycles. The molecule has 118 valence electrons. The van der Waals surface area contributed by atoms with Crippen molar-refractivity contribution in [3.05, 3.63) is 29.3 Å². The Kier molecular flexibility index (Phi) is 5.03. The number of aryl methyl sites for hydroxylation is 1. The van der Waals surface area contributed by atoms with E-state index in [4.69, 9.17) is 0 Å². The molecule has 0 aromatic heterocycles. The Labute approximate surface area is 128 Å². The van der Waals surface area contributed by atoms with Crippen molar-refractivity contribution in [3.8, 4) is 0 Å². The maximum absolute atomic E-state index is 12.9. The predicted octanol–water partition coefficient (Wildman–Crippen LogP) is 1.04. The topological polar surface area (TPSA) is 52.7 Å². The minimum atomic E-state index is -3.41. The first-order valence-electron chi connectivity index (χ1n) is 7.30. The minimum Gasteiger partial charge on any atom is -0.316 e. The second-order valence-corrected chi connectivity index (χ2v) is 7.73. The van der Waals surface area contributed by atoms with E-state index in [0.717, 1.165) is 17.7 Å². The van der Waals surface area contributed by atoms with E-state index >= 15 is 0 Å². The van der Waals surface area contributed by atoms with Crippen molar-refractivity contribution in [2.45, 2.75) is 31.3 Å². The van der Waals surface area contributed by atoms with Crippen molar-refractivity contribution >= 4 is 10.0 Å². The normalized spacial score (nSPS) is 21.6. The molecular weight excluding hydrogens is 286 g/mol. The number of nitrogens with zero attached hydrogens (tertiary/aromatic N) is 2. The van der Waals surface area contributed by atoms with Gasteiger partial charge in [-0.05, 0) is 45.1 Å². The summed E-state index contributed by atoms with van der Waals surface area (Å²) >= 11 is 0. The van der Waals surface area contributed by atoms with Gasteiger partial charge in [-0.2, -0.15) is 4.31 Å². The largest absolute Gasteiger partial charge is 0.316 e. The van der Waals surface area contributed by atoms with Gasteiger partial charge in [0.2, 0.25) is 10.0 Å². The van der Waals surface area contributed by atoms with Crippen molar-refractivity contribution < 1.29 is 8.42 Å². The fourth-order valence-electron chi connectivity index (χ4n) is 2.61. The molecule has 0 radical (unpaired) electrons. The molecule has 2 rings (SSSR count). The van der Waals surface area contributed by atoms with Crippen LogP contribution in [0.5, 0.6) is 0 Å². The molecular formula is C15H25N3O2S. The highest BCUT2D eigenvalue weighted by atomic mass is 32.2. The zero-order valence-corrected chi connectivity index (χ0v) is 14.1. The van der Waals surface area contributed by atoms with Gasteiger partial charge in [-0.25, -0.2) is 8.42 Å². The standard InChI is InChI=1S/C15H25N3O2S/c1-12-5-6-14(10-16-3)9-15(12)21(19,20)18-8-7-17(4)13(2)11-18/h5-6,9,13,16H,7-8,10-11H2,1-4H3. The van der Waals surface area contributed by atoms with Crippen molar-refractivity contribution in [1.29, 1.82) is 0 Å². The summed E-state index contributed by atoms with van der Waals surface area (Å²) in [5.74, 6) is 0. The monoisotopic (exact) mass is 311 g/mol. The zero-order valence-electron chi connectivity index (χ0n) is 13.3.